The van der Waals surface area contributed by atoms with Crippen molar-refractivity contribution in [2.75, 3.05) is 5.32 Å². The number of thiazole rings is 1. The predicted molar refractivity (Wildman–Crippen MR) is 92.6 cm³/mol. The molecule has 0 saturated carbocycles. The number of aryl methyl sites for hydroxylation is 1. The normalized spacial score (nSPS) is 10.2. The molecule has 3 aromatic rings. The zero-order valence-electron chi connectivity index (χ0n) is 12.9. The summed E-state index contributed by atoms with van der Waals surface area (Å²) in [6.07, 6.45) is 1.46. The van der Waals surface area contributed by atoms with E-state index in [1.807, 2.05) is 19.1 Å². The molecule has 3 rings (SSSR count). The Labute approximate surface area is 142 Å². The van der Waals surface area contributed by atoms with Crippen molar-refractivity contribution in [2.45, 2.75) is 6.92 Å². The van der Waals surface area contributed by atoms with Crippen LogP contribution in [0.1, 0.15) is 25.6 Å². The number of anilines is 1. The molecule has 1 aromatic heterocycles. The molecule has 1 heterocycles. The SMILES string of the molecule is Cc1ccc(C(=O)Nc2ccc(OC(=O)c3cncs3)cc2)cc1. The van der Waals surface area contributed by atoms with Crippen molar-refractivity contribution >= 4 is 28.9 Å². The van der Waals surface area contributed by atoms with E-state index in [1.165, 1.54) is 17.5 Å². The molecule has 1 N–H and O–H groups in total. The van der Waals surface area contributed by atoms with Gasteiger partial charge in [0.2, 0.25) is 0 Å². The first-order valence-electron chi connectivity index (χ1n) is 7.20. The average molecular weight is 338 g/mol. The van der Waals surface area contributed by atoms with E-state index in [0.29, 0.717) is 21.9 Å². The van der Waals surface area contributed by atoms with Gasteiger partial charge in [0, 0.05) is 11.3 Å². The predicted octanol–water partition coefficient (Wildman–Crippen LogP) is 3.92. The Morgan fingerprint density at radius 1 is 1.04 bits per heavy atom. The van der Waals surface area contributed by atoms with Gasteiger partial charge in [-0.1, -0.05) is 17.7 Å². The summed E-state index contributed by atoms with van der Waals surface area (Å²) >= 11 is 1.22. The molecule has 6 heteroatoms. The number of nitrogens with zero attached hydrogens (tertiary/aromatic N) is 1. The molecule has 0 spiro atoms. The summed E-state index contributed by atoms with van der Waals surface area (Å²) in [5.74, 6) is -0.236. The molecule has 0 bridgehead atoms. The molecule has 0 aliphatic rings. The van der Waals surface area contributed by atoms with Gasteiger partial charge in [-0.3, -0.25) is 9.78 Å². The van der Waals surface area contributed by atoms with Crippen molar-refractivity contribution in [3.8, 4) is 5.75 Å². The fourth-order valence-electron chi connectivity index (χ4n) is 1.99. The second-order valence-electron chi connectivity index (χ2n) is 5.10. The Bertz CT molecular complexity index is 841. The van der Waals surface area contributed by atoms with Crippen LogP contribution in [0.5, 0.6) is 5.75 Å². The molecule has 24 heavy (non-hydrogen) atoms. The molecule has 0 saturated heterocycles. The van der Waals surface area contributed by atoms with E-state index in [9.17, 15) is 9.59 Å². The van der Waals surface area contributed by atoms with Crippen molar-refractivity contribution in [3.63, 3.8) is 0 Å². The standard InChI is InChI=1S/C18H14N2O3S/c1-12-2-4-13(5-3-12)17(21)20-14-6-8-15(9-7-14)23-18(22)16-10-19-11-24-16/h2-11H,1H3,(H,20,21). The fraction of sp³-hybridized carbons (Fsp3) is 0.0556. The summed E-state index contributed by atoms with van der Waals surface area (Å²) in [7, 11) is 0. The highest BCUT2D eigenvalue weighted by Gasteiger charge is 2.10. The fourth-order valence-corrected chi connectivity index (χ4v) is 2.48. The lowest BCUT2D eigenvalue weighted by Crippen LogP contribution is -2.12. The van der Waals surface area contributed by atoms with Crippen LogP contribution in [-0.2, 0) is 0 Å². The van der Waals surface area contributed by atoms with Crippen LogP contribution in [0, 0.1) is 6.92 Å². The molecular weight excluding hydrogens is 324 g/mol. The Balaban J connectivity index is 1.63. The van der Waals surface area contributed by atoms with Crippen LogP contribution in [0.4, 0.5) is 5.69 Å². The van der Waals surface area contributed by atoms with Gasteiger partial charge >= 0.3 is 5.97 Å². The van der Waals surface area contributed by atoms with Crippen molar-refractivity contribution in [2.24, 2.45) is 0 Å². The Hall–Kier alpha value is -2.99. The smallest absolute Gasteiger partial charge is 0.355 e. The summed E-state index contributed by atoms with van der Waals surface area (Å²) in [6.45, 7) is 1.97. The third kappa shape index (κ3) is 3.85. The third-order valence-corrected chi connectivity index (χ3v) is 4.02. The minimum Gasteiger partial charge on any atom is -0.422 e. The highest BCUT2D eigenvalue weighted by molar-refractivity contribution is 7.11. The van der Waals surface area contributed by atoms with Crippen LogP contribution in [0.15, 0.2) is 60.2 Å². The van der Waals surface area contributed by atoms with Crippen molar-refractivity contribution in [3.05, 3.63) is 76.2 Å². The minimum absolute atomic E-state index is 0.190. The number of nitrogens with one attached hydrogen (secondary N) is 1. The van der Waals surface area contributed by atoms with Crippen LogP contribution in [0.2, 0.25) is 0 Å². The molecule has 0 radical (unpaired) electrons. The Kier molecular flexibility index (Phi) is 4.67. The van der Waals surface area contributed by atoms with Crippen LogP contribution >= 0.6 is 11.3 Å². The lowest BCUT2D eigenvalue weighted by atomic mass is 10.1. The number of carbonyl (C=O) groups excluding carboxylic acids is 2. The molecule has 5 nitrogen and oxygen atoms in total. The molecule has 2 aromatic carbocycles. The second kappa shape index (κ2) is 7.06. The maximum absolute atomic E-state index is 12.1. The largest absolute Gasteiger partial charge is 0.422 e. The second-order valence-corrected chi connectivity index (χ2v) is 5.99. The van der Waals surface area contributed by atoms with Gasteiger partial charge in [0.15, 0.2) is 0 Å². The number of aromatic nitrogens is 1. The monoisotopic (exact) mass is 338 g/mol. The number of hydrogen-bond acceptors (Lipinski definition) is 5. The van der Waals surface area contributed by atoms with Gasteiger partial charge in [-0.15, -0.1) is 11.3 Å². The molecule has 0 unspecified atom stereocenters. The van der Waals surface area contributed by atoms with Gasteiger partial charge in [-0.25, -0.2) is 4.79 Å². The van der Waals surface area contributed by atoms with E-state index in [-0.39, 0.29) is 5.91 Å². The van der Waals surface area contributed by atoms with Gasteiger partial charge in [-0.05, 0) is 43.3 Å². The van der Waals surface area contributed by atoms with Crippen LogP contribution in [-0.4, -0.2) is 16.9 Å². The van der Waals surface area contributed by atoms with Crippen molar-refractivity contribution in [1.82, 2.24) is 4.98 Å². The maximum Gasteiger partial charge on any atom is 0.355 e. The van der Waals surface area contributed by atoms with E-state index < -0.39 is 5.97 Å². The third-order valence-electron chi connectivity index (χ3n) is 3.27. The summed E-state index contributed by atoms with van der Waals surface area (Å²) < 4.78 is 5.24. The number of carbonyl (C=O) groups is 2. The van der Waals surface area contributed by atoms with E-state index in [1.54, 1.807) is 41.9 Å². The first-order valence-corrected chi connectivity index (χ1v) is 8.08. The summed E-state index contributed by atoms with van der Waals surface area (Å²) in [5, 5.41) is 2.80. The number of amides is 1. The minimum atomic E-state index is -0.450. The lowest BCUT2D eigenvalue weighted by molar-refractivity contribution is 0.0739. The molecule has 0 aliphatic heterocycles. The van der Waals surface area contributed by atoms with Crippen molar-refractivity contribution in [1.29, 1.82) is 0 Å². The number of benzene rings is 2. The van der Waals surface area contributed by atoms with Gasteiger partial charge in [0.1, 0.15) is 10.6 Å². The van der Waals surface area contributed by atoms with E-state index >= 15 is 0 Å². The zero-order chi connectivity index (χ0) is 16.9. The van der Waals surface area contributed by atoms with Crippen LogP contribution in [0.3, 0.4) is 0 Å². The molecule has 0 aliphatic carbocycles. The first kappa shape index (κ1) is 15.9. The first-order chi connectivity index (χ1) is 11.6. The Morgan fingerprint density at radius 3 is 2.38 bits per heavy atom. The maximum atomic E-state index is 12.1. The van der Waals surface area contributed by atoms with Gasteiger partial charge < -0.3 is 10.1 Å². The van der Waals surface area contributed by atoms with Gasteiger partial charge in [0.25, 0.3) is 5.91 Å². The number of ether oxygens (including phenoxy) is 1. The van der Waals surface area contributed by atoms with Crippen LogP contribution in [0.25, 0.3) is 0 Å². The number of rotatable bonds is 4. The zero-order valence-corrected chi connectivity index (χ0v) is 13.7. The molecule has 120 valence electrons. The topological polar surface area (TPSA) is 68.3 Å². The average Bonchev–Trinajstić information content (AvgIpc) is 3.12. The molecule has 0 atom stereocenters. The molecule has 0 fully saturated rings. The quantitative estimate of drug-likeness (QED) is 0.578. The van der Waals surface area contributed by atoms with Crippen LogP contribution < -0.4 is 10.1 Å². The van der Waals surface area contributed by atoms with Gasteiger partial charge in [-0.2, -0.15) is 0 Å². The molecular formula is C18H14N2O3S. The lowest BCUT2D eigenvalue weighted by Gasteiger charge is -2.07. The van der Waals surface area contributed by atoms with E-state index in [4.69, 9.17) is 4.74 Å². The number of esters is 1. The van der Waals surface area contributed by atoms with Gasteiger partial charge in [0.05, 0.1) is 11.7 Å². The van der Waals surface area contributed by atoms with E-state index in [0.717, 1.165) is 5.56 Å². The highest BCUT2D eigenvalue weighted by Crippen LogP contribution is 2.18. The molecule has 1 amide bonds. The summed E-state index contributed by atoms with van der Waals surface area (Å²) in [6, 6.07) is 13.9. The summed E-state index contributed by atoms with van der Waals surface area (Å²) in [4.78, 5) is 28.2. The Morgan fingerprint density at radius 2 is 1.75 bits per heavy atom. The highest BCUT2D eigenvalue weighted by atomic mass is 32.1. The van der Waals surface area contributed by atoms with Crippen molar-refractivity contribution < 1.29 is 14.3 Å². The van der Waals surface area contributed by atoms with E-state index in [2.05, 4.69) is 10.3 Å². The summed E-state index contributed by atoms with van der Waals surface area (Å²) in [5.41, 5.74) is 3.87. The number of hydrogen-bond donors (Lipinski definition) is 1.